The summed E-state index contributed by atoms with van der Waals surface area (Å²) in [4.78, 5) is 0. The first kappa shape index (κ1) is 3.94. The molecule has 6 saturated carbocycles. The molecule has 0 heteroatoms. The largest absolute Gasteiger partial charge is 0.102 e. The third kappa shape index (κ3) is 0.109. The van der Waals surface area contributed by atoms with Gasteiger partial charge < -0.3 is 0 Å². The van der Waals surface area contributed by atoms with Crippen molar-refractivity contribution in [2.45, 2.75) is 0 Å². The van der Waals surface area contributed by atoms with Crippen LogP contribution in [0, 0.1) is 46.8 Å². The highest BCUT2D eigenvalue weighted by Gasteiger charge is 3.03. The van der Waals surface area contributed by atoms with Gasteiger partial charge in [-0.25, -0.2) is 0 Å². The summed E-state index contributed by atoms with van der Waals surface area (Å²) in [6.45, 7) is 4.00. The molecule has 6 aliphatic rings. The first-order valence-electron chi connectivity index (χ1n) is 4.56. The highest BCUT2D eigenvalue weighted by Crippen LogP contribution is 3.06. The molecule has 0 aliphatic heterocycles. The molecule has 6 aliphatic carbocycles. The predicted molar refractivity (Wildman–Crippen MR) is 37.1 cm³/mol. The van der Waals surface area contributed by atoms with Crippen molar-refractivity contribution >= 4 is 0 Å². The highest BCUT2D eigenvalue weighted by molar-refractivity contribution is 5.52. The maximum Gasteiger partial charge on any atom is -0.00191 e. The lowest BCUT2D eigenvalue weighted by Gasteiger charge is -3.07. The Bertz CT molecular complexity index is 238. The minimum Gasteiger partial charge on any atom is -0.102 e. The van der Waals surface area contributed by atoms with Crippen molar-refractivity contribution < 1.29 is 0 Å². The summed E-state index contributed by atoms with van der Waals surface area (Å²) in [5.41, 5.74) is 0.773. The van der Waals surface area contributed by atoms with E-state index >= 15 is 0 Å². The lowest BCUT2D eigenvalue weighted by molar-refractivity contribution is -0.599. The molecular weight excluding hydrogens is 120 g/mol. The van der Waals surface area contributed by atoms with Crippen LogP contribution in [-0.2, 0) is 0 Å². The molecule has 0 spiro atoms. The lowest BCUT2D eigenvalue weighted by Crippen LogP contribution is -3.04. The first-order valence-corrected chi connectivity index (χ1v) is 4.56. The number of hydrogen-bond acceptors (Lipinski definition) is 0. The summed E-state index contributed by atoms with van der Waals surface area (Å²) < 4.78 is 0. The maximum absolute atomic E-state index is 4.00. The average Bonchev–Trinajstić information content (AvgIpc) is 2.05. The van der Waals surface area contributed by atoms with Crippen LogP contribution in [0.2, 0.25) is 0 Å². The normalized spacial score (nSPS) is 95.8. The van der Waals surface area contributed by atoms with E-state index in [0.717, 1.165) is 5.41 Å². The van der Waals surface area contributed by atoms with Crippen LogP contribution >= 0.6 is 0 Å². The SMILES string of the molecule is C=CC12C3C4C5C3C1C5C42. The second-order valence-corrected chi connectivity index (χ2v) is 5.09. The van der Waals surface area contributed by atoms with Crippen LogP contribution in [0.1, 0.15) is 0 Å². The second-order valence-electron chi connectivity index (χ2n) is 5.09. The van der Waals surface area contributed by atoms with E-state index < -0.39 is 0 Å². The molecule has 0 radical (unpaired) electrons. The molecule has 0 amide bonds. The molecule has 6 fully saturated rings. The van der Waals surface area contributed by atoms with E-state index in [1.807, 2.05) is 0 Å². The van der Waals surface area contributed by atoms with Gasteiger partial charge in [-0.3, -0.25) is 0 Å². The molecule has 0 aromatic heterocycles. The Morgan fingerprint density at radius 1 is 0.900 bits per heavy atom. The Morgan fingerprint density at radius 2 is 1.40 bits per heavy atom. The van der Waals surface area contributed by atoms with E-state index in [4.69, 9.17) is 0 Å². The highest BCUT2D eigenvalue weighted by atomic mass is 15.1. The monoisotopic (exact) mass is 130 g/mol. The molecule has 0 N–H and O–H groups in total. The van der Waals surface area contributed by atoms with Crippen molar-refractivity contribution in [1.29, 1.82) is 0 Å². The third-order valence-electron chi connectivity index (χ3n) is 5.91. The zero-order chi connectivity index (χ0) is 6.25. The van der Waals surface area contributed by atoms with Crippen LogP contribution in [0.4, 0.5) is 0 Å². The fourth-order valence-electron chi connectivity index (χ4n) is 5.93. The van der Waals surface area contributed by atoms with Gasteiger partial charge in [0.15, 0.2) is 0 Å². The van der Waals surface area contributed by atoms with Crippen molar-refractivity contribution in [3.8, 4) is 0 Å². The molecular formula is C10H10. The van der Waals surface area contributed by atoms with Gasteiger partial charge in [0.25, 0.3) is 0 Å². The molecule has 0 aromatic carbocycles. The van der Waals surface area contributed by atoms with Gasteiger partial charge in [0.05, 0.1) is 0 Å². The summed E-state index contributed by atoms with van der Waals surface area (Å²) in [7, 11) is 0. The topological polar surface area (TPSA) is 0 Å². The van der Waals surface area contributed by atoms with E-state index in [-0.39, 0.29) is 0 Å². The first-order chi connectivity index (χ1) is 4.93. The van der Waals surface area contributed by atoms with E-state index in [9.17, 15) is 0 Å². The van der Waals surface area contributed by atoms with E-state index in [1.54, 1.807) is 0 Å². The Kier molecular flexibility index (Phi) is 0.268. The van der Waals surface area contributed by atoms with Gasteiger partial charge in [0.2, 0.25) is 0 Å². The van der Waals surface area contributed by atoms with Crippen LogP contribution in [0.15, 0.2) is 12.7 Å². The van der Waals surface area contributed by atoms with Crippen molar-refractivity contribution in [2.75, 3.05) is 0 Å². The van der Waals surface area contributed by atoms with Crippen molar-refractivity contribution in [3.63, 3.8) is 0 Å². The predicted octanol–water partition coefficient (Wildman–Crippen LogP) is 1.54. The molecule has 10 heavy (non-hydrogen) atoms. The molecule has 0 heterocycles. The third-order valence-corrected chi connectivity index (χ3v) is 5.91. The summed E-state index contributed by atoms with van der Waals surface area (Å²) in [5, 5.41) is 0. The number of hydrogen-bond donors (Lipinski definition) is 0. The Labute approximate surface area is 60.3 Å². The molecule has 6 rings (SSSR count). The molecule has 0 aromatic rings. The molecule has 0 saturated heterocycles. The molecule has 50 valence electrons. The Balaban J connectivity index is 1.85. The van der Waals surface area contributed by atoms with Gasteiger partial charge in [0, 0.05) is 0 Å². The molecule has 0 atom stereocenters. The summed E-state index contributed by atoms with van der Waals surface area (Å²) in [6.07, 6.45) is 2.31. The van der Waals surface area contributed by atoms with Gasteiger partial charge in [-0.15, -0.1) is 6.58 Å². The summed E-state index contributed by atoms with van der Waals surface area (Å²) >= 11 is 0. The zero-order valence-electron chi connectivity index (χ0n) is 5.83. The molecule has 0 nitrogen and oxygen atoms in total. The second kappa shape index (κ2) is 0.680. The quantitative estimate of drug-likeness (QED) is 0.472. The van der Waals surface area contributed by atoms with Gasteiger partial charge in [-0.2, -0.15) is 0 Å². The lowest BCUT2D eigenvalue weighted by atomic mass is 8.96. The Morgan fingerprint density at radius 3 is 1.70 bits per heavy atom. The Hall–Kier alpha value is -0.260. The van der Waals surface area contributed by atoms with Crippen LogP contribution < -0.4 is 0 Å². The average molecular weight is 130 g/mol. The van der Waals surface area contributed by atoms with Crippen LogP contribution in [-0.4, -0.2) is 0 Å². The fraction of sp³-hybridized carbons (Fsp3) is 0.800. The number of allylic oxidation sites excluding steroid dienone is 1. The van der Waals surface area contributed by atoms with Crippen LogP contribution in [0.25, 0.3) is 0 Å². The standard InChI is InChI=1S/C10H10/c1-2-10-7-4-3-5(7)9(10)6(3)8(4)10/h2-9H,1H2. The van der Waals surface area contributed by atoms with Gasteiger partial charge in [0.1, 0.15) is 0 Å². The van der Waals surface area contributed by atoms with Gasteiger partial charge in [-0.05, 0) is 46.8 Å². The van der Waals surface area contributed by atoms with Crippen molar-refractivity contribution in [2.24, 2.45) is 46.8 Å². The van der Waals surface area contributed by atoms with Crippen molar-refractivity contribution in [3.05, 3.63) is 12.7 Å². The fourth-order valence-corrected chi connectivity index (χ4v) is 5.93. The summed E-state index contributed by atoms with van der Waals surface area (Å²) in [6, 6.07) is 0. The zero-order valence-corrected chi connectivity index (χ0v) is 5.83. The molecule has 0 bridgehead atoms. The van der Waals surface area contributed by atoms with Crippen LogP contribution in [0.3, 0.4) is 0 Å². The van der Waals surface area contributed by atoms with Crippen LogP contribution in [0.5, 0.6) is 0 Å². The minimum absolute atomic E-state index is 0.773. The van der Waals surface area contributed by atoms with Gasteiger partial charge >= 0.3 is 0 Å². The maximum atomic E-state index is 4.00. The van der Waals surface area contributed by atoms with E-state index in [0.29, 0.717) is 0 Å². The minimum atomic E-state index is 0.773. The summed E-state index contributed by atoms with van der Waals surface area (Å²) in [5.74, 6) is 8.50. The molecule has 0 unspecified atom stereocenters. The van der Waals surface area contributed by atoms with E-state index in [1.165, 1.54) is 41.4 Å². The van der Waals surface area contributed by atoms with Crippen molar-refractivity contribution in [1.82, 2.24) is 0 Å². The number of rotatable bonds is 1. The smallest absolute Gasteiger partial charge is 0.00191 e. The van der Waals surface area contributed by atoms with E-state index in [2.05, 4.69) is 12.7 Å². The van der Waals surface area contributed by atoms with Gasteiger partial charge in [-0.1, -0.05) is 6.08 Å².